The first kappa shape index (κ1) is 18.3. The predicted octanol–water partition coefficient (Wildman–Crippen LogP) is -0.0261. The largest absolute Gasteiger partial charge is 1.00 e. The van der Waals surface area contributed by atoms with Crippen LogP contribution in [-0.2, 0) is 15.1 Å². The van der Waals surface area contributed by atoms with Gasteiger partial charge in [0.15, 0.2) is 0 Å². The highest BCUT2D eigenvalue weighted by atomic mass is 79.9. The summed E-state index contributed by atoms with van der Waals surface area (Å²) in [4.78, 5) is 13.3. The number of carbonyl (C=O) groups excluding carboxylic acids is 1. The van der Waals surface area contributed by atoms with Crippen LogP contribution >= 0.6 is 0 Å². The van der Waals surface area contributed by atoms with Crippen LogP contribution in [0.5, 0.6) is 0 Å². The summed E-state index contributed by atoms with van der Waals surface area (Å²) in [6.45, 7) is 2.61. The molecule has 2 bridgehead atoms. The molecule has 2 unspecified atom stereocenters. The van der Waals surface area contributed by atoms with E-state index in [1.165, 1.54) is 30.4 Å². The topological polar surface area (TPSA) is 46.5 Å². The molecule has 2 aromatic rings. The Bertz CT molecular complexity index is 893. The summed E-state index contributed by atoms with van der Waals surface area (Å²) in [7, 11) is 0. The number of nitrogens with zero attached hydrogens (tertiary/aromatic N) is 1. The monoisotopic (exact) mass is 441 g/mol. The summed E-state index contributed by atoms with van der Waals surface area (Å²) in [6, 6.07) is 16.6. The number of hydrogen-bond acceptors (Lipinski definition) is 3. The Hall–Kier alpha value is -1.69. The van der Waals surface area contributed by atoms with E-state index >= 15 is 0 Å². The van der Waals surface area contributed by atoms with E-state index in [-0.39, 0.29) is 23.1 Å². The highest BCUT2D eigenvalue weighted by Gasteiger charge is 2.62. The molecule has 0 aromatic heterocycles. The molecule has 4 aliphatic rings. The van der Waals surface area contributed by atoms with Crippen LogP contribution in [0, 0.1) is 0 Å². The van der Waals surface area contributed by atoms with Crippen LogP contribution in [0.2, 0.25) is 0 Å². The number of rotatable bonds is 2. The quantitative estimate of drug-likeness (QED) is 0.404. The lowest BCUT2D eigenvalue weighted by Crippen LogP contribution is -3.00. The zero-order valence-electron chi connectivity index (χ0n) is 15.7. The molecule has 1 aliphatic carbocycles. The average molecular weight is 442 g/mol. The Labute approximate surface area is 175 Å². The Balaban J connectivity index is 0.00000171. The zero-order valence-corrected chi connectivity index (χ0v) is 17.3. The van der Waals surface area contributed by atoms with Crippen LogP contribution in [0.1, 0.15) is 36.8 Å². The van der Waals surface area contributed by atoms with Gasteiger partial charge in [0.1, 0.15) is 19.2 Å². The van der Waals surface area contributed by atoms with E-state index in [0.717, 1.165) is 24.0 Å². The highest BCUT2D eigenvalue weighted by molar-refractivity contribution is 5.96. The zero-order chi connectivity index (χ0) is 18.2. The molecule has 6 rings (SSSR count). The van der Waals surface area contributed by atoms with E-state index in [9.17, 15) is 9.90 Å². The first-order valence-corrected chi connectivity index (χ1v) is 10.1. The van der Waals surface area contributed by atoms with Crippen LogP contribution < -0.4 is 17.0 Å². The molecule has 28 heavy (non-hydrogen) atoms. The minimum Gasteiger partial charge on any atom is -1.00 e. The van der Waals surface area contributed by atoms with Crippen molar-refractivity contribution in [2.45, 2.75) is 49.5 Å². The Morgan fingerprint density at radius 1 is 0.929 bits per heavy atom. The Kier molecular flexibility index (Phi) is 4.03. The van der Waals surface area contributed by atoms with E-state index in [0.29, 0.717) is 23.2 Å². The summed E-state index contributed by atoms with van der Waals surface area (Å²) < 4.78 is 7.28. The molecular weight excluding hydrogens is 418 g/mol. The van der Waals surface area contributed by atoms with E-state index in [4.69, 9.17) is 4.74 Å². The summed E-state index contributed by atoms with van der Waals surface area (Å²) in [5, 5.41) is 11.6. The highest BCUT2D eigenvalue weighted by Crippen LogP contribution is 2.51. The van der Waals surface area contributed by atoms with Crippen molar-refractivity contribution < 1.29 is 36.1 Å². The molecule has 5 heteroatoms. The van der Waals surface area contributed by atoms with Crippen LogP contribution in [0.15, 0.2) is 48.5 Å². The second kappa shape index (κ2) is 6.15. The third-order valence-corrected chi connectivity index (χ3v) is 7.59. The number of aliphatic hydroxyl groups is 1. The molecule has 4 nitrogen and oxygen atoms in total. The Morgan fingerprint density at radius 3 is 1.93 bits per heavy atom. The summed E-state index contributed by atoms with van der Waals surface area (Å²) in [5.74, 6) is -0.511. The van der Waals surface area contributed by atoms with Gasteiger partial charge in [-0.25, -0.2) is 4.79 Å². The molecule has 0 radical (unpaired) electrons. The molecule has 3 fully saturated rings. The van der Waals surface area contributed by atoms with Gasteiger partial charge in [0, 0.05) is 36.8 Å². The van der Waals surface area contributed by atoms with Crippen molar-refractivity contribution >= 4 is 5.97 Å². The van der Waals surface area contributed by atoms with Crippen molar-refractivity contribution in [3.8, 4) is 11.1 Å². The average Bonchev–Trinajstić information content (AvgIpc) is 3.40. The van der Waals surface area contributed by atoms with E-state index in [2.05, 4.69) is 0 Å². The lowest BCUT2D eigenvalue weighted by Gasteiger charge is -2.37. The molecule has 0 saturated carbocycles. The fourth-order valence-corrected chi connectivity index (χ4v) is 6.17. The van der Waals surface area contributed by atoms with Crippen molar-refractivity contribution in [2.75, 3.05) is 13.1 Å². The summed E-state index contributed by atoms with van der Waals surface area (Å²) >= 11 is 0. The van der Waals surface area contributed by atoms with E-state index < -0.39 is 11.6 Å². The number of benzene rings is 2. The van der Waals surface area contributed by atoms with Gasteiger partial charge in [-0.1, -0.05) is 48.5 Å². The SMILES string of the molecule is O=C(OC1CC2CCC(C1)[N+]21CC1)C1(O)c2ccccc2-c2ccccc21.[Br-]. The third kappa shape index (κ3) is 2.27. The molecule has 3 heterocycles. The molecule has 1 spiro atoms. The van der Waals surface area contributed by atoms with Gasteiger partial charge in [-0.05, 0) is 11.1 Å². The van der Waals surface area contributed by atoms with Crippen molar-refractivity contribution in [1.29, 1.82) is 0 Å². The fraction of sp³-hybridized carbons (Fsp3) is 0.435. The van der Waals surface area contributed by atoms with Gasteiger partial charge in [-0.3, -0.25) is 0 Å². The van der Waals surface area contributed by atoms with Gasteiger partial charge in [0.2, 0.25) is 5.60 Å². The number of quaternary nitrogens is 1. The van der Waals surface area contributed by atoms with Crippen LogP contribution in [0.25, 0.3) is 11.1 Å². The maximum absolute atomic E-state index is 13.3. The first-order chi connectivity index (χ1) is 13.1. The molecule has 2 atom stereocenters. The molecule has 2 aromatic carbocycles. The molecule has 146 valence electrons. The molecule has 3 saturated heterocycles. The number of carbonyl (C=O) groups is 1. The van der Waals surface area contributed by atoms with Gasteiger partial charge >= 0.3 is 5.97 Å². The van der Waals surface area contributed by atoms with Gasteiger partial charge in [-0.2, -0.15) is 0 Å². The predicted molar refractivity (Wildman–Crippen MR) is 101 cm³/mol. The van der Waals surface area contributed by atoms with E-state index in [1.54, 1.807) is 0 Å². The van der Waals surface area contributed by atoms with E-state index in [1.807, 2.05) is 48.5 Å². The minimum absolute atomic E-state index is 0. The lowest BCUT2D eigenvalue weighted by molar-refractivity contribution is -0.846. The number of fused-ring (bicyclic) bond motifs is 3. The fourth-order valence-electron chi connectivity index (χ4n) is 6.17. The smallest absolute Gasteiger partial charge is 0.348 e. The lowest BCUT2D eigenvalue weighted by atomic mass is 9.91. The number of piperidine rings is 1. The summed E-state index contributed by atoms with van der Waals surface area (Å²) in [6.07, 6.45) is 4.34. The van der Waals surface area contributed by atoms with Crippen molar-refractivity contribution in [1.82, 2.24) is 0 Å². The van der Waals surface area contributed by atoms with Crippen LogP contribution in [-0.4, -0.2) is 46.8 Å². The standard InChI is InChI=1S/C23H24NO3.BrH/c25-22(27-17-13-15-9-10-16(14-17)24(15)11-12-24)23(26)20-7-3-1-5-18(20)19-6-2-4-8-21(19)23;/h1-8,15-17,26H,9-14H2;1H/q+1;/p-1. The second-order valence-corrected chi connectivity index (χ2v) is 8.74. The van der Waals surface area contributed by atoms with Gasteiger partial charge in [0.25, 0.3) is 0 Å². The van der Waals surface area contributed by atoms with Crippen LogP contribution in [0.4, 0.5) is 0 Å². The minimum atomic E-state index is -1.70. The maximum atomic E-state index is 13.3. The summed E-state index contributed by atoms with van der Waals surface area (Å²) in [5.41, 5.74) is 1.43. The maximum Gasteiger partial charge on any atom is 0.348 e. The second-order valence-electron chi connectivity index (χ2n) is 8.74. The number of ether oxygens (including phenoxy) is 1. The third-order valence-electron chi connectivity index (χ3n) is 7.59. The molecule has 1 N–H and O–H groups in total. The molecule has 0 amide bonds. The Morgan fingerprint density at radius 2 is 1.43 bits per heavy atom. The molecule has 3 aliphatic heterocycles. The van der Waals surface area contributed by atoms with Gasteiger partial charge in [0.05, 0.1) is 12.1 Å². The van der Waals surface area contributed by atoms with Gasteiger partial charge in [-0.15, -0.1) is 0 Å². The molecular formula is C23H24BrNO3. The number of esters is 1. The van der Waals surface area contributed by atoms with Crippen molar-refractivity contribution in [3.63, 3.8) is 0 Å². The van der Waals surface area contributed by atoms with Crippen LogP contribution in [0.3, 0.4) is 0 Å². The van der Waals surface area contributed by atoms with Crippen molar-refractivity contribution in [3.05, 3.63) is 59.7 Å². The van der Waals surface area contributed by atoms with Gasteiger partial charge < -0.3 is 31.3 Å². The number of hydrogen-bond donors (Lipinski definition) is 1. The number of halogens is 1. The normalized spacial score (nSPS) is 29.5. The van der Waals surface area contributed by atoms with Crippen molar-refractivity contribution in [2.24, 2.45) is 0 Å². The first-order valence-electron chi connectivity index (χ1n) is 10.1.